The lowest BCUT2D eigenvalue weighted by Crippen LogP contribution is -2.51. The van der Waals surface area contributed by atoms with Gasteiger partial charge >= 0.3 is 5.97 Å². The Bertz CT molecular complexity index is 605. The Kier molecular flexibility index (Phi) is 6.15. The maximum absolute atomic E-state index is 13.0. The van der Waals surface area contributed by atoms with Crippen LogP contribution in [0, 0.1) is 6.92 Å². The molecular weight excluding hydrogens is 306 g/mol. The van der Waals surface area contributed by atoms with Crippen LogP contribution < -0.4 is 5.32 Å². The summed E-state index contributed by atoms with van der Waals surface area (Å²) in [5.74, 6) is -1.31. The predicted octanol–water partition coefficient (Wildman–Crippen LogP) is 2.58. The minimum Gasteiger partial charge on any atom is -0.480 e. The minimum atomic E-state index is -1.09. The van der Waals surface area contributed by atoms with Crippen LogP contribution in [-0.4, -0.2) is 36.2 Å². The van der Waals surface area contributed by atoms with Crippen molar-refractivity contribution in [2.45, 2.75) is 44.1 Å². The van der Waals surface area contributed by atoms with Crippen molar-refractivity contribution in [1.82, 2.24) is 5.32 Å². The molecule has 2 rings (SSSR count). The van der Waals surface area contributed by atoms with Crippen LogP contribution in [0.2, 0.25) is 0 Å². The standard InChI is InChI=1S/C19H25NO4/c1-3-11-24-13-16(17(21)22)20-18(23)19(9-4-5-10-19)15-8-6-7-14(2)12-15/h3,6-8,12,16H,1,4-5,9-11,13H2,2H3,(H,20,23)(H,21,22). The van der Waals surface area contributed by atoms with Gasteiger partial charge in [-0.25, -0.2) is 4.79 Å². The molecule has 2 N–H and O–H groups in total. The van der Waals surface area contributed by atoms with Crippen molar-refractivity contribution in [3.8, 4) is 0 Å². The third-order valence-electron chi connectivity index (χ3n) is 4.59. The number of hydrogen-bond donors (Lipinski definition) is 2. The lowest BCUT2D eigenvalue weighted by atomic mass is 9.77. The molecule has 1 atom stereocenters. The average molecular weight is 331 g/mol. The first-order valence-corrected chi connectivity index (χ1v) is 8.29. The van der Waals surface area contributed by atoms with Gasteiger partial charge in [0.2, 0.25) is 5.91 Å². The summed E-state index contributed by atoms with van der Waals surface area (Å²) >= 11 is 0. The van der Waals surface area contributed by atoms with Gasteiger partial charge in [-0.1, -0.05) is 48.7 Å². The number of benzene rings is 1. The van der Waals surface area contributed by atoms with Crippen LogP contribution in [0.1, 0.15) is 36.8 Å². The van der Waals surface area contributed by atoms with Gasteiger partial charge in [-0.3, -0.25) is 4.79 Å². The first-order valence-electron chi connectivity index (χ1n) is 8.29. The Morgan fingerprint density at radius 1 is 1.42 bits per heavy atom. The summed E-state index contributed by atoms with van der Waals surface area (Å²) in [6.07, 6.45) is 4.95. The number of aryl methyl sites for hydroxylation is 1. The smallest absolute Gasteiger partial charge is 0.328 e. The van der Waals surface area contributed by atoms with Crippen molar-refractivity contribution >= 4 is 11.9 Å². The molecule has 0 saturated heterocycles. The monoisotopic (exact) mass is 331 g/mol. The second-order valence-corrected chi connectivity index (χ2v) is 6.35. The number of carboxylic acids is 1. The number of amides is 1. The number of carbonyl (C=O) groups is 2. The van der Waals surface area contributed by atoms with Gasteiger partial charge in [-0.15, -0.1) is 6.58 Å². The quantitative estimate of drug-likeness (QED) is 0.567. The lowest BCUT2D eigenvalue weighted by Gasteiger charge is -2.30. The molecule has 1 amide bonds. The van der Waals surface area contributed by atoms with E-state index in [2.05, 4.69) is 11.9 Å². The number of carboxylic acid groups (broad SMARTS) is 1. The maximum atomic E-state index is 13.0. The average Bonchev–Trinajstić information content (AvgIpc) is 3.05. The first-order chi connectivity index (χ1) is 11.5. The van der Waals surface area contributed by atoms with Crippen LogP contribution >= 0.6 is 0 Å². The predicted molar refractivity (Wildman–Crippen MR) is 91.9 cm³/mol. The molecule has 1 aromatic rings. The first kappa shape index (κ1) is 18.2. The number of nitrogens with one attached hydrogen (secondary N) is 1. The van der Waals surface area contributed by atoms with E-state index >= 15 is 0 Å². The molecule has 5 nitrogen and oxygen atoms in total. The third kappa shape index (κ3) is 4.03. The van der Waals surface area contributed by atoms with E-state index in [0.717, 1.165) is 36.8 Å². The van der Waals surface area contributed by atoms with Gasteiger partial charge in [0.1, 0.15) is 0 Å². The fourth-order valence-electron chi connectivity index (χ4n) is 3.31. The molecule has 0 spiro atoms. The SMILES string of the molecule is C=CCOCC(NC(=O)C1(c2cccc(C)c2)CCCC1)C(=O)O. The van der Waals surface area contributed by atoms with E-state index in [1.807, 2.05) is 31.2 Å². The molecule has 0 bridgehead atoms. The zero-order chi connectivity index (χ0) is 17.6. The molecule has 1 aromatic carbocycles. The van der Waals surface area contributed by atoms with Crippen LogP contribution in [0.4, 0.5) is 0 Å². The number of ether oxygens (including phenoxy) is 1. The summed E-state index contributed by atoms with van der Waals surface area (Å²) in [6.45, 7) is 5.70. The Balaban J connectivity index is 2.19. The van der Waals surface area contributed by atoms with Gasteiger partial charge in [0.15, 0.2) is 6.04 Å². The van der Waals surface area contributed by atoms with Crippen LogP contribution in [-0.2, 0) is 19.7 Å². The molecule has 5 heteroatoms. The van der Waals surface area contributed by atoms with Crippen molar-refractivity contribution in [2.24, 2.45) is 0 Å². The Morgan fingerprint density at radius 2 is 2.12 bits per heavy atom. The van der Waals surface area contributed by atoms with E-state index in [1.54, 1.807) is 6.08 Å². The van der Waals surface area contributed by atoms with Crippen molar-refractivity contribution in [1.29, 1.82) is 0 Å². The highest BCUT2D eigenvalue weighted by Gasteiger charge is 2.43. The van der Waals surface area contributed by atoms with E-state index < -0.39 is 17.4 Å². The topological polar surface area (TPSA) is 75.6 Å². The Hall–Kier alpha value is -2.14. The number of aliphatic carboxylic acids is 1. The van der Waals surface area contributed by atoms with Gasteiger partial charge in [0.05, 0.1) is 18.6 Å². The minimum absolute atomic E-state index is 0.0724. The zero-order valence-corrected chi connectivity index (χ0v) is 14.1. The maximum Gasteiger partial charge on any atom is 0.328 e. The second-order valence-electron chi connectivity index (χ2n) is 6.35. The van der Waals surface area contributed by atoms with Crippen molar-refractivity contribution in [2.75, 3.05) is 13.2 Å². The lowest BCUT2D eigenvalue weighted by molar-refractivity contribution is -0.144. The number of hydrogen-bond acceptors (Lipinski definition) is 3. The molecule has 130 valence electrons. The van der Waals surface area contributed by atoms with Gasteiger partial charge in [-0.2, -0.15) is 0 Å². The van der Waals surface area contributed by atoms with E-state index in [0.29, 0.717) is 0 Å². The third-order valence-corrected chi connectivity index (χ3v) is 4.59. The molecule has 0 radical (unpaired) electrons. The summed E-state index contributed by atoms with van der Waals surface area (Å²) in [6, 6.07) is 6.86. The van der Waals surface area contributed by atoms with Gasteiger partial charge in [0, 0.05) is 0 Å². The van der Waals surface area contributed by atoms with Gasteiger partial charge in [0.25, 0.3) is 0 Å². The summed E-state index contributed by atoms with van der Waals surface area (Å²) in [5.41, 5.74) is 1.42. The fraction of sp³-hybridized carbons (Fsp3) is 0.474. The largest absolute Gasteiger partial charge is 0.480 e. The highest BCUT2D eigenvalue weighted by atomic mass is 16.5. The van der Waals surface area contributed by atoms with Crippen molar-refractivity contribution in [3.63, 3.8) is 0 Å². The summed E-state index contributed by atoms with van der Waals surface area (Å²) in [4.78, 5) is 24.4. The Morgan fingerprint density at radius 3 is 2.71 bits per heavy atom. The Labute approximate surface area is 142 Å². The summed E-state index contributed by atoms with van der Waals surface area (Å²) in [7, 11) is 0. The van der Waals surface area contributed by atoms with E-state index in [4.69, 9.17) is 4.74 Å². The molecule has 1 aliphatic carbocycles. The molecule has 0 aromatic heterocycles. The van der Waals surface area contributed by atoms with Crippen LogP contribution in [0.25, 0.3) is 0 Å². The van der Waals surface area contributed by atoms with Gasteiger partial charge in [-0.05, 0) is 25.3 Å². The molecule has 1 fully saturated rings. The molecule has 1 saturated carbocycles. The summed E-state index contributed by atoms with van der Waals surface area (Å²) < 4.78 is 5.21. The fourth-order valence-corrected chi connectivity index (χ4v) is 3.31. The molecule has 0 aliphatic heterocycles. The number of rotatable bonds is 8. The van der Waals surface area contributed by atoms with E-state index in [9.17, 15) is 14.7 Å². The highest BCUT2D eigenvalue weighted by molar-refractivity contribution is 5.92. The molecular formula is C19H25NO4. The van der Waals surface area contributed by atoms with Crippen LogP contribution in [0.5, 0.6) is 0 Å². The van der Waals surface area contributed by atoms with Crippen LogP contribution in [0.3, 0.4) is 0 Å². The van der Waals surface area contributed by atoms with Crippen LogP contribution in [0.15, 0.2) is 36.9 Å². The molecule has 24 heavy (non-hydrogen) atoms. The number of carbonyl (C=O) groups excluding carboxylic acids is 1. The van der Waals surface area contributed by atoms with Gasteiger partial charge < -0.3 is 15.2 Å². The second kappa shape index (κ2) is 8.11. The molecule has 1 aliphatic rings. The van der Waals surface area contributed by atoms with E-state index in [-0.39, 0.29) is 19.1 Å². The zero-order valence-electron chi connectivity index (χ0n) is 14.1. The van der Waals surface area contributed by atoms with Crippen molar-refractivity contribution in [3.05, 3.63) is 48.0 Å². The van der Waals surface area contributed by atoms with E-state index in [1.165, 1.54) is 0 Å². The molecule has 0 heterocycles. The summed E-state index contributed by atoms with van der Waals surface area (Å²) in [5, 5.41) is 12.0. The van der Waals surface area contributed by atoms with Crippen molar-refractivity contribution < 1.29 is 19.4 Å². The normalized spacial score (nSPS) is 17.2. The molecule has 1 unspecified atom stereocenters. The highest BCUT2D eigenvalue weighted by Crippen LogP contribution is 2.41.